The number of ether oxygens (including phenoxy) is 2. The fourth-order valence-electron chi connectivity index (χ4n) is 6.67. The van der Waals surface area contributed by atoms with Gasteiger partial charge in [-0.1, -0.05) is 128 Å². The molecular weight excluding hydrogens is 699 g/mol. The Balaban J connectivity index is 2.27. The summed E-state index contributed by atoms with van der Waals surface area (Å²) >= 11 is 0. The fraction of sp³-hybridized carbons (Fsp3) is 0.829. The van der Waals surface area contributed by atoms with Crippen molar-refractivity contribution in [3.8, 4) is 0 Å². The van der Waals surface area contributed by atoms with Crippen LogP contribution in [0.3, 0.4) is 0 Å². The predicted molar refractivity (Wildman–Crippen MR) is 208 cm³/mol. The first kappa shape index (κ1) is 49.1. The highest BCUT2D eigenvalue weighted by Crippen LogP contribution is 2.36. The number of unbranched alkanes of at least 4 members (excludes halogenated alkanes) is 16. The molecule has 0 aromatic heterocycles. The molecule has 0 radical (unpaired) electrons. The van der Waals surface area contributed by atoms with E-state index in [0.717, 1.165) is 77.0 Å². The smallest absolute Gasteiger partial charge is 0.462 e. The van der Waals surface area contributed by atoms with Gasteiger partial charge in [0.1, 0.15) is 12.4 Å². The van der Waals surface area contributed by atoms with Gasteiger partial charge in [0.15, 0.2) is 6.10 Å². The highest BCUT2D eigenvalue weighted by molar-refractivity contribution is 7.46. The van der Waals surface area contributed by atoms with E-state index in [9.17, 15) is 29.2 Å². The van der Waals surface area contributed by atoms with Crippen molar-refractivity contribution in [3.63, 3.8) is 0 Å². The molecule has 5 atom stereocenters. The summed E-state index contributed by atoms with van der Waals surface area (Å²) in [6, 6.07) is 0. The first-order chi connectivity index (χ1) is 25.5. The van der Waals surface area contributed by atoms with E-state index in [0.29, 0.717) is 25.7 Å². The number of phosphoric ester groups is 1. The molecule has 0 unspecified atom stereocenters. The summed E-state index contributed by atoms with van der Waals surface area (Å²) in [6.07, 6.45) is 28.0. The van der Waals surface area contributed by atoms with Crippen molar-refractivity contribution in [2.75, 3.05) is 13.2 Å². The van der Waals surface area contributed by atoms with Crippen molar-refractivity contribution < 1.29 is 52.9 Å². The van der Waals surface area contributed by atoms with Crippen LogP contribution in [0.15, 0.2) is 24.3 Å². The van der Waals surface area contributed by atoms with Crippen molar-refractivity contribution >= 4 is 25.5 Å². The third-order valence-electron chi connectivity index (χ3n) is 9.84. The zero-order chi connectivity index (χ0) is 39.2. The maximum atomic E-state index is 12.5. The zero-order valence-electron chi connectivity index (χ0n) is 32.9. The second-order valence-electron chi connectivity index (χ2n) is 14.7. The van der Waals surface area contributed by atoms with Crippen molar-refractivity contribution in [2.45, 2.75) is 193 Å². The van der Waals surface area contributed by atoms with E-state index in [-0.39, 0.29) is 43.5 Å². The molecule has 0 aromatic rings. The van der Waals surface area contributed by atoms with E-state index >= 15 is 0 Å². The Morgan fingerprint density at radius 1 is 0.774 bits per heavy atom. The number of ketones is 1. The van der Waals surface area contributed by atoms with Gasteiger partial charge in [-0.25, -0.2) is 4.57 Å². The Kier molecular flexibility index (Phi) is 29.1. The number of carbonyl (C=O) groups excluding carboxylic acids is 3. The van der Waals surface area contributed by atoms with Gasteiger partial charge < -0.3 is 29.5 Å². The Hall–Kier alpha value is -1.88. The summed E-state index contributed by atoms with van der Waals surface area (Å²) in [5, 5.41) is 20.6. The number of rotatable bonds is 34. The molecule has 1 rings (SSSR count). The van der Waals surface area contributed by atoms with Crippen molar-refractivity contribution in [1.29, 1.82) is 0 Å². The molecule has 1 saturated carbocycles. The lowest BCUT2D eigenvalue weighted by atomic mass is 9.88. The summed E-state index contributed by atoms with van der Waals surface area (Å²) in [7, 11) is -4.81. The van der Waals surface area contributed by atoms with Crippen LogP contribution in [-0.2, 0) is 32.9 Å². The fourth-order valence-corrected chi connectivity index (χ4v) is 7.04. The lowest BCUT2D eigenvalue weighted by Gasteiger charge is -2.18. The second-order valence-corrected chi connectivity index (χ2v) is 16.0. The molecule has 1 aliphatic carbocycles. The zero-order valence-corrected chi connectivity index (χ0v) is 33.8. The number of esters is 2. The third kappa shape index (κ3) is 27.4. The lowest BCUT2D eigenvalue weighted by molar-refractivity contribution is -0.161. The molecule has 1 aliphatic rings. The van der Waals surface area contributed by atoms with E-state index in [2.05, 4.69) is 30.5 Å². The molecule has 0 amide bonds. The largest absolute Gasteiger partial charge is 0.469 e. The van der Waals surface area contributed by atoms with Gasteiger partial charge in [-0.2, -0.15) is 0 Å². The van der Waals surface area contributed by atoms with Crippen molar-refractivity contribution in [1.82, 2.24) is 0 Å². The van der Waals surface area contributed by atoms with Crippen LogP contribution in [0.1, 0.15) is 174 Å². The Labute approximate surface area is 320 Å². The monoisotopic (exact) mass is 772 g/mol. The maximum absolute atomic E-state index is 12.5. The minimum absolute atomic E-state index is 0.0434. The van der Waals surface area contributed by atoms with E-state index in [1.807, 2.05) is 6.08 Å². The van der Waals surface area contributed by atoms with Gasteiger partial charge in [0.05, 0.1) is 18.8 Å². The SMILES string of the molecule is CCCCCCCC/C=C\CCCCCCCC(=O)O[C@H](COC(=O)CCCCCC[C@H]1C(=O)C[C@@H](O)[C@@H]1/C=C/[C@@H](O)CCCCC)COP(=O)(O)O. The van der Waals surface area contributed by atoms with E-state index in [1.54, 1.807) is 6.08 Å². The highest BCUT2D eigenvalue weighted by atomic mass is 31.2. The normalized spacial score (nSPS) is 19.0. The molecule has 4 N–H and O–H groups in total. The van der Waals surface area contributed by atoms with E-state index < -0.39 is 44.7 Å². The second kappa shape index (κ2) is 31.3. The van der Waals surface area contributed by atoms with Crippen LogP contribution in [0.4, 0.5) is 0 Å². The van der Waals surface area contributed by atoms with Gasteiger partial charge in [0, 0.05) is 31.1 Å². The number of hydrogen-bond acceptors (Lipinski definition) is 9. The molecule has 0 heterocycles. The first-order valence-corrected chi connectivity index (χ1v) is 22.3. The van der Waals surface area contributed by atoms with Gasteiger partial charge in [-0.15, -0.1) is 0 Å². The van der Waals surface area contributed by atoms with Crippen LogP contribution >= 0.6 is 7.82 Å². The van der Waals surface area contributed by atoms with Crippen LogP contribution in [0, 0.1) is 11.8 Å². The minimum Gasteiger partial charge on any atom is -0.462 e. The average Bonchev–Trinajstić information content (AvgIpc) is 3.38. The summed E-state index contributed by atoms with van der Waals surface area (Å²) < 4.78 is 26.4. The first-order valence-electron chi connectivity index (χ1n) is 20.7. The van der Waals surface area contributed by atoms with Gasteiger partial charge in [0.2, 0.25) is 0 Å². The Morgan fingerprint density at radius 2 is 1.32 bits per heavy atom. The minimum atomic E-state index is -4.81. The quantitative estimate of drug-likeness (QED) is 0.0212. The Morgan fingerprint density at radius 3 is 1.94 bits per heavy atom. The van der Waals surface area contributed by atoms with Gasteiger partial charge in [0.25, 0.3) is 0 Å². The van der Waals surface area contributed by atoms with Crippen molar-refractivity contribution in [3.05, 3.63) is 24.3 Å². The van der Waals surface area contributed by atoms with Crippen LogP contribution < -0.4 is 0 Å². The number of hydrogen-bond donors (Lipinski definition) is 4. The predicted octanol–water partition coefficient (Wildman–Crippen LogP) is 8.99. The number of aliphatic hydroxyl groups is 2. The molecular formula is C41H73O11P. The van der Waals surface area contributed by atoms with Crippen molar-refractivity contribution in [2.24, 2.45) is 11.8 Å². The summed E-state index contributed by atoms with van der Waals surface area (Å²) in [4.78, 5) is 55.5. The molecule has 0 bridgehead atoms. The van der Waals surface area contributed by atoms with E-state index in [4.69, 9.17) is 19.3 Å². The Bertz CT molecular complexity index is 1070. The maximum Gasteiger partial charge on any atom is 0.469 e. The molecule has 53 heavy (non-hydrogen) atoms. The number of phosphoric acid groups is 1. The lowest BCUT2D eigenvalue weighted by Crippen LogP contribution is -2.29. The van der Waals surface area contributed by atoms with Crippen LogP contribution in [0.5, 0.6) is 0 Å². The van der Waals surface area contributed by atoms with Crippen LogP contribution in [0.2, 0.25) is 0 Å². The molecule has 12 heteroatoms. The number of Topliss-reactive ketones (excluding diaryl/α,β-unsaturated/α-hetero) is 1. The van der Waals surface area contributed by atoms with Gasteiger partial charge in [-0.3, -0.25) is 18.9 Å². The number of carbonyl (C=O) groups is 3. The third-order valence-corrected chi connectivity index (χ3v) is 10.3. The molecule has 0 aromatic carbocycles. The van der Waals surface area contributed by atoms with Gasteiger partial charge >= 0.3 is 19.8 Å². The molecule has 11 nitrogen and oxygen atoms in total. The highest BCUT2D eigenvalue weighted by Gasteiger charge is 2.39. The van der Waals surface area contributed by atoms with Gasteiger partial charge in [-0.05, 0) is 51.4 Å². The standard InChI is InChI=1S/C41H73O11P/c1-3-5-7-8-9-10-11-12-13-14-15-16-17-18-24-28-41(46)52-35(33-51-53(47,48)49)32-50-40(45)27-23-20-19-22-26-36-37(39(44)31-38(36)43)30-29-34(42)25-21-6-4-2/h12-13,29-30,34-37,39,42,44H,3-11,14-28,31-33H2,1-2H3,(H2,47,48,49)/b13-12-,30-29+/t34-,35+,36+,37+,39+/m0/s1. The molecule has 0 spiro atoms. The summed E-state index contributed by atoms with van der Waals surface area (Å²) in [5.74, 6) is -1.58. The average molecular weight is 773 g/mol. The molecule has 308 valence electrons. The molecule has 1 fully saturated rings. The molecule has 0 saturated heterocycles. The summed E-state index contributed by atoms with van der Waals surface area (Å²) in [6.45, 7) is 3.37. The topological polar surface area (TPSA) is 177 Å². The molecule has 0 aliphatic heterocycles. The van der Waals surface area contributed by atoms with Crippen LogP contribution in [-0.4, -0.2) is 69.2 Å². The number of allylic oxidation sites excluding steroid dienone is 2. The number of aliphatic hydroxyl groups excluding tert-OH is 2. The van der Waals surface area contributed by atoms with Crippen LogP contribution in [0.25, 0.3) is 0 Å². The van der Waals surface area contributed by atoms with E-state index in [1.165, 1.54) is 38.5 Å². The summed E-state index contributed by atoms with van der Waals surface area (Å²) in [5.41, 5.74) is 0.